The van der Waals surface area contributed by atoms with Crippen molar-refractivity contribution in [1.82, 2.24) is 10.3 Å². The number of carboxylic acid groups (broad SMARTS) is 1. The predicted octanol–water partition coefficient (Wildman–Crippen LogP) is 0.544. The summed E-state index contributed by atoms with van der Waals surface area (Å²) >= 11 is 0. The summed E-state index contributed by atoms with van der Waals surface area (Å²) in [5.41, 5.74) is 0.226. The highest BCUT2D eigenvalue weighted by molar-refractivity contribution is 5.95. The molecule has 0 saturated carbocycles. The van der Waals surface area contributed by atoms with Crippen LogP contribution in [0.4, 0.5) is 0 Å². The SMILES string of the molecule is COC[C@@H](C)NC(=O)c1ccc(C(=O)O)nc1. The van der Waals surface area contributed by atoms with E-state index in [-0.39, 0.29) is 17.6 Å². The molecule has 6 nitrogen and oxygen atoms in total. The number of rotatable bonds is 5. The number of carbonyl (C=O) groups excluding carboxylic acids is 1. The molecule has 0 aliphatic rings. The molecule has 0 bridgehead atoms. The minimum absolute atomic E-state index is 0.0912. The third kappa shape index (κ3) is 3.84. The number of methoxy groups -OCH3 is 1. The van der Waals surface area contributed by atoms with E-state index < -0.39 is 5.97 Å². The number of amides is 1. The molecule has 1 atom stereocenters. The van der Waals surface area contributed by atoms with Crippen molar-refractivity contribution in [2.45, 2.75) is 13.0 Å². The number of carboxylic acids is 1. The van der Waals surface area contributed by atoms with Crippen molar-refractivity contribution in [3.05, 3.63) is 29.6 Å². The topological polar surface area (TPSA) is 88.5 Å². The fourth-order valence-electron chi connectivity index (χ4n) is 1.25. The molecule has 0 aromatic carbocycles. The quantitative estimate of drug-likeness (QED) is 0.781. The van der Waals surface area contributed by atoms with Gasteiger partial charge in [-0.3, -0.25) is 4.79 Å². The first-order valence-corrected chi connectivity index (χ1v) is 5.03. The second kappa shape index (κ2) is 5.95. The Bertz CT molecular complexity index is 402. The van der Waals surface area contributed by atoms with E-state index in [1.54, 1.807) is 14.0 Å². The van der Waals surface area contributed by atoms with Gasteiger partial charge in [-0.05, 0) is 19.1 Å². The van der Waals surface area contributed by atoms with Crippen LogP contribution in [0.25, 0.3) is 0 Å². The predicted molar refractivity (Wildman–Crippen MR) is 60.0 cm³/mol. The Balaban J connectivity index is 2.66. The van der Waals surface area contributed by atoms with Crippen molar-refractivity contribution < 1.29 is 19.4 Å². The molecule has 1 heterocycles. The zero-order valence-electron chi connectivity index (χ0n) is 9.64. The van der Waals surface area contributed by atoms with Crippen molar-refractivity contribution >= 4 is 11.9 Å². The van der Waals surface area contributed by atoms with Crippen molar-refractivity contribution in [3.63, 3.8) is 0 Å². The molecule has 1 aromatic heterocycles. The van der Waals surface area contributed by atoms with Gasteiger partial charge in [-0.1, -0.05) is 0 Å². The Morgan fingerprint density at radius 3 is 2.71 bits per heavy atom. The maximum atomic E-state index is 11.7. The maximum Gasteiger partial charge on any atom is 0.354 e. The Morgan fingerprint density at radius 2 is 2.24 bits per heavy atom. The number of hydrogen-bond acceptors (Lipinski definition) is 4. The van der Waals surface area contributed by atoms with Crippen molar-refractivity contribution in [3.8, 4) is 0 Å². The lowest BCUT2D eigenvalue weighted by Crippen LogP contribution is -2.35. The molecule has 0 unspecified atom stereocenters. The lowest BCUT2D eigenvalue weighted by atomic mass is 10.2. The van der Waals surface area contributed by atoms with Gasteiger partial charge in [-0.25, -0.2) is 9.78 Å². The summed E-state index contributed by atoms with van der Waals surface area (Å²) in [6.45, 7) is 2.22. The van der Waals surface area contributed by atoms with Crippen LogP contribution in [0.1, 0.15) is 27.8 Å². The Kier molecular flexibility index (Phi) is 4.59. The molecular weight excluding hydrogens is 224 g/mol. The fraction of sp³-hybridized carbons (Fsp3) is 0.364. The number of carbonyl (C=O) groups is 2. The summed E-state index contributed by atoms with van der Waals surface area (Å²) in [4.78, 5) is 25.9. The van der Waals surface area contributed by atoms with Gasteiger partial charge in [0, 0.05) is 19.3 Å². The molecule has 0 saturated heterocycles. The standard InChI is InChI=1S/C11H14N2O4/c1-7(6-17-2)13-10(14)8-3-4-9(11(15)16)12-5-8/h3-5,7H,6H2,1-2H3,(H,13,14)(H,15,16)/t7-/m1/s1. The van der Waals surface area contributed by atoms with E-state index in [9.17, 15) is 9.59 Å². The van der Waals surface area contributed by atoms with Crippen LogP contribution in [0.15, 0.2) is 18.3 Å². The Morgan fingerprint density at radius 1 is 1.53 bits per heavy atom. The average molecular weight is 238 g/mol. The number of nitrogens with one attached hydrogen (secondary N) is 1. The number of pyridine rings is 1. The molecule has 17 heavy (non-hydrogen) atoms. The van der Waals surface area contributed by atoms with E-state index in [1.807, 2.05) is 0 Å². The highest BCUT2D eigenvalue weighted by atomic mass is 16.5. The zero-order chi connectivity index (χ0) is 12.8. The van der Waals surface area contributed by atoms with Gasteiger partial charge in [0.2, 0.25) is 0 Å². The molecular formula is C11H14N2O4. The van der Waals surface area contributed by atoms with Gasteiger partial charge in [-0.2, -0.15) is 0 Å². The van der Waals surface area contributed by atoms with Crippen LogP contribution >= 0.6 is 0 Å². The minimum atomic E-state index is -1.12. The van der Waals surface area contributed by atoms with Gasteiger partial charge in [-0.15, -0.1) is 0 Å². The second-order valence-electron chi connectivity index (χ2n) is 3.57. The third-order valence-corrected chi connectivity index (χ3v) is 2.04. The van der Waals surface area contributed by atoms with Crippen LogP contribution in [0.2, 0.25) is 0 Å². The van der Waals surface area contributed by atoms with Crippen molar-refractivity contribution in [2.24, 2.45) is 0 Å². The van der Waals surface area contributed by atoms with E-state index in [2.05, 4.69) is 10.3 Å². The monoisotopic (exact) mass is 238 g/mol. The van der Waals surface area contributed by atoms with Crippen molar-refractivity contribution in [2.75, 3.05) is 13.7 Å². The van der Waals surface area contributed by atoms with E-state index >= 15 is 0 Å². The largest absolute Gasteiger partial charge is 0.477 e. The zero-order valence-corrected chi connectivity index (χ0v) is 9.64. The fourth-order valence-corrected chi connectivity index (χ4v) is 1.25. The van der Waals surface area contributed by atoms with Crippen molar-refractivity contribution in [1.29, 1.82) is 0 Å². The molecule has 1 aromatic rings. The Hall–Kier alpha value is -1.95. The Labute approximate surface area is 98.6 Å². The second-order valence-corrected chi connectivity index (χ2v) is 3.57. The molecule has 6 heteroatoms. The summed E-state index contributed by atoms with van der Waals surface area (Å²) in [7, 11) is 1.55. The lowest BCUT2D eigenvalue weighted by molar-refractivity contribution is 0.0689. The van der Waals surface area contributed by atoms with Crippen LogP contribution in [0.5, 0.6) is 0 Å². The summed E-state index contributed by atoms with van der Waals surface area (Å²) in [5, 5.41) is 11.3. The highest BCUT2D eigenvalue weighted by Gasteiger charge is 2.11. The van der Waals surface area contributed by atoms with Gasteiger partial charge in [0.25, 0.3) is 5.91 Å². The molecule has 0 fully saturated rings. The van der Waals surface area contributed by atoms with Gasteiger partial charge < -0.3 is 15.2 Å². The van der Waals surface area contributed by atoms with Gasteiger partial charge in [0.05, 0.1) is 12.2 Å². The summed E-state index contributed by atoms with van der Waals surface area (Å²) in [5.74, 6) is -1.43. The number of hydrogen-bond donors (Lipinski definition) is 2. The van der Waals surface area contributed by atoms with Gasteiger partial charge in [0.1, 0.15) is 5.69 Å². The molecule has 2 N–H and O–H groups in total. The summed E-state index contributed by atoms with van der Waals surface area (Å²) < 4.78 is 4.88. The number of ether oxygens (including phenoxy) is 1. The molecule has 0 radical (unpaired) electrons. The minimum Gasteiger partial charge on any atom is -0.477 e. The highest BCUT2D eigenvalue weighted by Crippen LogP contribution is 2.01. The normalized spacial score (nSPS) is 11.9. The third-order valence-electron chi connectivity index (χ3n) is 2.04. The number of aromatic nitrogens is 1. The first-order valence-electron chi connectivity index (χ1n) is 5.03. The average Bonchev–Trinajstić information content (AvgIpc) is 2.29. The molecule has 0 spiro atoms. The van der Waals surface area contributed by atoms with E-state index in [4.69, 9.17) is 9.84 Å². The summed E-state index contributed by atoms with van der Waals surface area (Å²) in [6.07, 6.45) is 1.23. The number of aromatic carboxylic acids is 1. The molecule has 0 aliphatic carbocycles. The molecule has 1 rings (SSSR count). The first-order chi connectivity index (χ1) is 8.04. The van der Waals surface area contributed by atoms with Crippen LogP contribution in [0.3, 0.4) is 0 Å². The van der Waals surface area contributed by atoms with Crippen LogP contribution in [-0.4, -0.2) is 41.7 Å². The molecule has 92 valence electrons. The first kappa shape index (κ1) is 13.1. The van der Waals surface area contributed by atoms with Crippen LogP contribution in [0, 0.1) is 0 Å². The molecule has 0 aliphatic heterocycles. The maximum absolute atomic E-state index is 11.7. The molecule has 1 amide bonds. The van der Waals surface area contributed by atoms with Gasteiger partial charge >= 0.3 is 5.97 Å². The van der Waals surface area contributed by atoms with E-state index in [0.717, 1.165) is 0 Å². The number of nitrogens with zero attached hydrogens (tertiary/aromatic N) is 1. The van der Waals surface area contributed by atoms with E-state index in [1.165, 1.54) is 18.3 Å². The van der Waals surface area contributed by atoms with Crippen LogP contribution < -0.4 is 5.32 Å². The van der Waals surface area contributed by atoms with Crippen LogP contribution in [-0.2, 0) is 4.74 Å². The van der Waals surface area contributed by atoms with Gasteiger partial charge in [0.15, 0.2) is 0 Å². The van der Waals surface area contributed by atoms with E-state index in [0.29, 0.717) is 12.2 Å². The smallest absolute Gasteiger partial charge is 0.354 e. The lowest BCUT2D eigenvalue weighted by Gasteiger charge is -2.12. The summed E-state index contributed by atoms with van der Waals surface area (Å²) in [6, 6.07) is 2.59.